The van der Waals surface area contributed by atoms with Crippen LogP contribution in [0.4, 0.5) is 13.2 Å². The molecule has 1 fully saturated rings. The van der Waals surface area contributed by atoms with Crippen molar-refractivity contribution in [1.29, 1.82) is 0 Å². The molecule has 8 heteroatoms. The van der Waals surface area contributed by atoms with E-state index < -0.39 is 18.2 Å². The van der Waals surface area contributed by atoms with Gasteiger partial charge in [-0.3, -0.25) is 9.59 Å². The first-order valence-corrected chi connectivity index (χ1v) is 6.17. The predicted octanol–water partition coefficient (Wildman–Crippen LogP) is 1.42. The van der Waals surface area contributed by atoms with Crippen LogP contribution in [0.25, 0.3) is 0 Å². The summed E-state index contributed by atoms with van der Waals surface area (Å²) >= 11 is 0. The van der Waals surface area contributed by atoms with Gasteiger partial charge in [0, 0.05) is 25.1 Å². The summed E-state index contributed by atoms with van der Waals surface area (Å²) in [4.78, 5) is 24.1. The lowest BCUT2D eigenvalue weighted by atomic mass is 10.1. The third-order valence-corrected chi connectivity index (χ3v) is 3.18. The summed E-state index contributed by atoms with van der Waals surface area (Å²) in [6, 6.07) is 5.56. The molecule has 0 aromatic heterocycles. The SMILES string of the molecule is NC(=O)C1CC(=O)N(Cc2ccccc2OC(F)(F)F)C1. The number of benzene rings is 1. The minimum atomic E-state index is -4.80. The van der Waals surface area contributed by atoms with Crippen LogP contribution < -0.4 is 10.5 Å². The summed E-state index contributed by atoms with van der Waals surface area (Å²) in [6.07, 6.45) is -4.82. The van der Waals surface area contributed by atoms with Crippen LogP contribution in [-0.2, 0) is 16.1 Å². The molecule has 5 nitrogen and oxygen atoms in total. The number of para-hydroxylation sites is 1. The van der Waals surface area contributed by atoms with Gasteiger partial charge in [-0.05, 0) is 6.07 Å². The number of carbonyl (C=O) groups is 2. The Hall–Kier alpha value is -2.25. The Morgan fingerprint density at radius 2 is 2.05 bits per heavy atom. The van der Waals surface area contributed by atoms with Gasteiger partial charge in [-0.2, -0.15) is 0 Å². The number of hydrogen-bond donors (Lipinski definition) is 1. The van der Waals surface area contributed by atoms with Crippen LogP contribution in [0.1, 0.15) is 12.0 Å². The first-order valence-electron chi connectivity index (χ1n) is 6.17. The van der Waals surface area contributed by atoms with E-state index in [0.717, 1.165) is 0 Å². The monoisotopic (exact) mass is 302 g/mol. The molecule has 2 amide bonds. The number of carbonyl (C=O) groups excluding carboxylic acids is 2. The molecule has 1 saturated heterocycles. The fourth-order valence-electron chi connectivity index (χ4n) is 2.18. The van der Waals surface area contributed by atoms with E-state index in [0.29, 0.717) is 0 Å². The largest absolute Gasteiger partial charge is 0.573 e. The number of alkyl halides is 3. The number of halogens is 3. The summed E-state index contributed by atoms with van der Waals surface area (Å²) in [5.74, 6) is -1.88. The number of rotatable bonds is 4. The van der Waals surface area contributed by atoms with Gasteiger partial charge in [-0.25, -0.2) is 0 Å². The van der Waals surface area contributed by atoms with Crippen LogP contribution in [0, 0.1) is 5.92 Å². The summed E-state index contributed by atoms with van der Waals surface area (Å²) in [6.45, 7) is 0.0450. The third-order valence-electron chi connectivity index (χ3n) is 3.18. The molecule has 1 heterocycles. The van der Waals surface area contributed by atoms with Crippen molar-refractivity contribution in [3.63, 3.8) is 0 Å². The Kier molecular flexibility index (Phi) is 4.06. The van der Waals surface area contributed by atoms with Crippen LogP contribution in [0.5, 0.6) is 5.75 Å². The minimum Gasteiger partial charge on any atom is -0.405 e. The van der Waals surface area contributed by atoms with Crippen molar-refractivity contribution in [2.75, 3.05) is 6.54 Å². The Morgan fingerprint density at radius 3 is 2.62 bits per heavy atom. The lowest BCUT2D eigenvalue weighted by Crippen LogP contribution is -2.28. The van der Waals surface area contributed by atoms with E-state index in [1.165, 1.54) is 23.1 Å². The second kappa shape index (κ2) is 5.63. The number of hydrogen-bond acceptors (Lipinski definition) is 3. The molecule has 0 aliphatic carbocycles. The average molecular weight is 302 g/mol. The summed E-state index contributed by atoms with van der Waals surface area (Å²) < 4.78 is 40.9. The molecule has 1 atom stereocenters. The van der Waals surface area contributed by atoms with Gasteiger partial charge in [0.25, 0.3) is 0 Å². The molecular formula is C13H13F3N2O3. The highest BCUT2D eigenvalue weighted by Gasteiger charge is 2.35. The van der Waals surface area contributed by atoms with Gasteiger partial charge in [-0.15, -0.1) is 13.2 Å². The predicted molar refractivity (Wildman–Crippen MR) is 65.8 cm³/mol. The van der Waals surface area contributed by atoms with Crippen LogP contribution >= 0.6 is 0 Å². The highest BCUT2D eigenvalue weighted by Crippen LogP contribution is 2.28. The van der Waals surface area contributed by atoms with E-state index in [9.17, 15) is 22.8 Å². The zero-order valence-electron chi connectivity index (χ0n) is 10.9. The highest BCUT2D eigenvalue weighted by atomic mass is 19.4. The summed E-state index contributed by atoms with van der Waals surface area (Å²) in [5.41, 5.74) is 5.35. The van der Waals surface area contributed by atoms with Crippen LogP contribution in [0.2, 0.25) is 0 Å². The molecule has 1 aliphatic heterocycles. The number of ether oxygens (including phenoxy) is 1. The van der Waals surface area contributed by atoms with Crippen LogP contribution in [0.3, 0.4) is 0 Å². The maximum atomic E-state index is 12.3. The molecule has 114 valence electrons. The maximum absolute atomic E-state index is 12.3. The molecular weight excluding hydrogens is 289 g/mol. The van der Waals surface area contributed by atoms with Crippen molar-refractivity contribution in [1.82, 2.24) is 4.90 Å². The normalized spacial score (nSPS) is 18.9. The van der Waals surface area contributed by atoms with Crippen LogP contribution in [0.15, 0.2) is 24.3 Å². The van der Waals surface area contributed by atoms with Gasteiger partial charge < -0.3 is 15.4 Å². The maximum Gasteiger partial charge on any atom is 0.573 e. The van der Waals surface area contributed by atoms with Crippen molar-refractivity contribution in [2.45, 2.75) is 19.3 Å². The second-order valence-electron chi connectivity index (χ2n) is 4.73. The van der Waals surface area contributed by atoms with Crippen molar-refractivity contribution < 1.29 is 27.5 Å². The van der Waals surface area contributed by atoms with Crippen molar-refractivity contribution in [3.8, 4) is 5.75 Å². The Labute approximate surface area is 118 Å². The molecule has 0 bridgehead atoms. The Bertz CT molecular complexity index is 560. The first-order chi connectivity index (χ1) is 9.76. The van der Waals surface area contributed by atoms with Gasteiger partial charge in [0.05, 0.1) is 5.92 Å². The Morgan fingerprint density at radius 1 is 1.38 bits per heavy atom. The fraction of sp³-hybridized carbons (Fsp3) is 0.385. The van der Waals surface area contributed by atoms with E-state index in [4.69, 9.17) is 5.73 Å². The van der Waals surface area contributed by atoms with Crippen molar-refractivity contribution in [2.24, 2.45) is 11.7 Å². The third kappa shape index (κ3) is 3.87. The first kappa shape index (κ1) is 15.1. The molecule has 0 radical (unpaired) electrons. The van der Waals surface area contributed by atoms with Crippen molar-refractivity contribution >= 4 is 11.8 Å². The molecule has 1 unspecified atom stereocenters. The van der Waals surface area contributed by atoms with E-state index in [1.807, 2.05) is 0 Å². The summed E-state index contributed by atoms with van der Waals surface area (Å²) in [7, 11) is 0. The lowest BCUT2D eigenvalue weighted by Gasteiger charge is -2.19. The topological polar surface area (TPSA) is 72.6 Å². The van der Waals surface area contributed by atoms with Gasteiger partial charge in [-0.1, -0.05) is 18.2 Å². The molecule has 1 aromatic rings. The number of nitrogens with zero attached hydrogens (tertiary/aromatic N) is 1. The van der Waals surface area contributed by atoms with Crippen molar-refractivity contribution in [3.05, 3.63) is 29.8 Å². The molecule has 21 heavy (non-hydrogen) atoms. The zero-order valence-corrected chi connectivity index (χ0v) is 10.9. The quantitative estimate of drug-likeness (QED) is 0.914. The molecule has 2 rings (SSSR count). The van der Waals surface area contributed by atoms with Gasteiger partial charge in [0.1, 0.15) is 5.75 Å². The number of nitrogens with two attached hydrogens (primary N) is 1. The summed E-state index contributed by atoms with van der Waals surface area (Å²) in [5, 5.41) is 0. The van der Waals surface area contributed by atoms with Gasteiger partial charge in [0.2, 0.25) is 11.8 Å². The number of amides is 2. The number of likely N-dealkylation sites (tertiary alicyclic amines) is 1. The zero-order chi connectivity index (χ0) is 15.6. The molecule has 1 aromatic carbocycles. The van der Waals surface area contributed by atoms with E-state index in [-0.39, 0.29) is 36.7 Å². The van der Waals surface area contributed by atoms with Gasteiger partial charge >= 0.3 is 6.36 Å². The standard InChI is InChI=1S/C13H13F3N2O3/c14-13(15,16)21-10-4-2-1-3-8(10)6-18-7-9(12(17)20)5-11(18)19/h1-4,9H,5-7H2,(H2,17,20). The smallest absolute Gasteiger partial charge is 0.405 e. The van der Waals surface area contributed by atoms with E-state index in [1.54, 1.807) is 6.07 Å². The average Bonchev–Trinajstić information content (AvgIpc) is 2.72. The van der Waals surface area contributed by atoms with E-state index >= 15 is 0 Å². The molecule has 2 N–H and O–H groups in total. The molecule has 1 aliphatic rings. The molecule has 0 spiro atoms. The second-order valence-corrected chi connectivity index (χ2v) is 4.73. The van der Waals surface area contributed by atoms with Gasteiger partial charge in [0.15, 0.2) is 0 Å². The Balaban J connectivity index is 2.13. The number of primary amides is 1. The fourth-order valence-corrected chi connectivity index (χ4v) is 2.18. The highest BCUT2D eigenvalue weighted by molar-refractivity contribution is 5.88. The minimum absolute atomic E-state index is 0.0162. The van der Waals surface area contributed by atoms with Crippen LogP contribution in [-0.4, -0.2) is 29.6 Å². The van der Waals surface area contributed by atoms with E-state index in [2.05, 4.69) is 4.74 Å². The lowest BCUT2D eigenvalue weighted by molar-refractivity contribution is -0.275. The molecule has 0 saturated carbocycles.